The summed E-state index contributed by atoms with van der Waals surface area (Å²) in [5.41, 5.74) is 0. The Morgan fingerprint density at radius 3 is 2.75 bits per heavy atom. The van der Waals surface area contributed by atoms with Gasteiger partial charge >= 0.3 is 0 Å². The molecule has 1 aliphatic heterocycles. The number of rotatable bonds is 4. The maximum absolute atomic E-state index is 3.60. The zero-order valence-electron chi connectivity index (χ0n) is 10.9. The first-order chi connectivity index (χ1) is 7.88. The van der Waals surface area contributed by atoms with Crippen LogP contribution in [0.2, 0.25) is 0 Å². The zero-order valence-corrected chi connectivity index (χ0v) is 10.9. The van der Waals surface area contributed by atoms with Gasteiger partial charge in [-0.25, -0.2) is 0 Å². The van der Waals surface area contributed by atoms with E-state index >= 15 is 0 Å². The summed E-state index contributed by atoms with van der Waals surface area (Å²) in [6.07, 6.45) is 10.2. The van der Waals surface area contributed by atoms with E-state index in [1.54, 1.807) is 0 Å². The third-order valence-electron chi connectivity index (χ3n) is 4.41. The van der Waals surface area contributed by atoms with Crippen LogP contribution in [-0.2, 0) is 0 Å². The fourth-order valence-corrected chi connectivity index (χ4v) is 3.21. The fourth-order valence-electron chi connectivity index (χ4n) is 3.21. The van der Waals surface area contributed by atoms with E-state index in [1.807, 2.05) is 0 Å². The molecule has 2 aliphatic rings. The zero-order chi connectivity index (χ0) is 11.2. The first kappa shape index (κ1) is 12.4. The van der Waals surface area contributed by atoms with Gasteiger partial charge in [-0.15, -0.1) is 0 Å². The molecule has 1 aliphatic carbocycles. The van der Waals surface area contributed by atoms with Crippen LogP contribution in [0.3, 0.4) is 0 Å². The summed E-state index contributed by atoms with van der Waals surface area (Å²) < 4.78 is 0. The van der Waals surface area contributed by atoms with Gasteiger partial charge < -0.3 is 10.2 Å². The van der Waals surface area contributed by atoms with Gasteiger partial charge in [-0.05, 0) is 25.3 Å². The van der Waals surface area contributed by atoms with Crippen molar-refractivity contribution in [2.45, 2.75) is 57.9 Å². The predicted octanol–water partition coefficient (Wildman–Crippen LogP) is 2.64. The van der Waals surface area contributed by atoms with E-state index in [0.29, 0.717) is 0 Å². The molecule has 0 aromatic rings. The summed E-state index contributed by atoms with van der Waals surface area (Å²) >= 11 is 0. The Morgan fingerprint density at radius 2 is 2.00 bits per heavy atom. The molecule has 1 N–H and O–H groups in total. The first-order valence-electron chi connectivity index (χ1n) is 7.34. The van der Waals surface area contributed by atoms with Gasteiger partial charge in [-0.1, -0.05) is 39.0 Å². The molecule has 94 valence electrons. The van der Waals surface area contributed by atoms with E-state index in [4.69, 9.17) is 0 Å². The number of nitrogens with zero attached hydrogens (tertiary/aromatic N) is 1. The molecule has 0 aromatic carbocycles. The van der Waals surface area contributed by atoms with Crippen molar-refractivity contribution in [3.63, 3.8) is 0 Å². The maximum Gasteiger partial charge on any atom is 0.0192 e. The minimum absolute atomic E-state index is 0.750. The second-order valence-electron chi connectivity index (χ2n) is 5.65. The summed E-state index contributed by atoms with van der Waals surface area (Å²) in [6, 6.07) is 0.750. The Balaban J connectivity index is 1.64. The normalized spacial score (nSPS) is 29.4. The number of piperazine rings is 1. The molecule has 0 spiro atoms. The summed E-state index contributed by atoms with van der Waals surface area (Å²) in [6.45, 7) is 7.39. The molecule has 0 bridgehead atoms. The minimum Gasteiger partial charge on any atom is -0.311 e. The van der Waals surface area contributed by atoms with Gasteiger partial charge in [0.2, 0.25) is 0 Å². The van der Waals surface area contributed by atoms with Gasteiger partial charge in [-0.2, -0.15) is 0 Å². The SMILES string of the molecule is CCC1CN(CCC2CCCCC2)CCN1. The lowest BCUT2D eigenvalue weighted by molar-refractivity contribution is 0.177. The lowest BCUT2D eigenvalue weighted by atomic mass is 9.87. The van der Waals surface area contributed by atoms with Crippen molar-refractivity contribution in [3.8, 4) is 0 Å². The van der Waals surface area contributed by atoms with Crippen molar-refractivity contribution in [3.05, 3.63) is 0 Å². The summed E-state index contributed by atoms with van der Waals surface area (Å²) in [5, 5.41) is 3.60. The molecule has 2 heteroatoms. The van der Waals surface area contributed by atoms with Crippen molar-refractivity contribution in [2.75, 3.05) is 26.2 Å². The molecule has 16 heavy (non-hydrogen) atoms. The maximum atomic E-state index is 3.60. The quantitative estimate of drug-likeness (QED) is 0.790. The second kappa shape index (κ2) is 6.61. The van der Waals surface area contributed by atoms with Crippen LogP contribution in [-0.4, -0.2) is 37.1 Å². The third kappa shape index (κ3) is 3.74. The molecule has 1 saturated heterocycles. The van der Waals surface area contributed by atoms with Crippen molar-refractivity contribution in [2.24, 2.45) is 5.92 Å². The molecule has 2 nitrogen and oxygen atoms in total. The Kier molecular flexibility index (Phi) is 5.11. The molecular weight excluding hydrogens is 196 g/mol. The van der Waals surface area contributed by atoms with Gasteiger partial charge in [-0.3, -0.25) is 0 Å². The van der Waals surface area contributed by atoms with Gasteiger partial charge in [0.05, 0.1) is 0 Å². The Bertz CT molecular complexity index is 187. The molecule has 1 saturated carbocycles. The van der Waals surface area contributed by atoms with Gasteiger partial charge in [0, 0.05) is 25.7 Å². The van der Waals surface area contributed by atoms with E-state index < -0.39 is 0 Å². The van der Waals surface area contributed by atoms with E-state index in [2.05, 4.69) is 17.1 Å². The van der Waals surface area contributed by atoms with Crippen LogP contribution >= 0.6 is 0 Å². The summed E-state index contributed by atoms with van der Waals surface area (Å²) in [7, 11) is 0. The minimum atomic E-state index is 0.750. The highest BCUT2D eigenvalue weighted by atomic mass is 15.2. The van der Waals surface area contributed by atoms with Crippen LogP contribution in [0.5, 0.6) is 0 Å². The van der Waals surface area contributed by atoms with Crippen LogP contribution < -0.4 is 5.32 Å². The summed E-state index contributed by atoms with van der Waals surface area (Å²) in [4.78, 5) is 2.68. The van der Waals surface area contributed by atoms with E-state index in [9.17, 15) is 0 Å². The van der Waals surface area contributed by atoms with E-state index in [-0.39, 0.29) is 0 Å². The Hall–Kier alpha value is -0.0800. The van der Waals surface area contributed by atoms with Crippen molar-refractivity contribution >= 4 is 0 Å². The molecule has 0 amide bonds. The van der Waals surface area contributed by atoms with E-state index in [0.717, 1.165) is 12.0 Å². The van der Waals surface area contributed by atoms with E-state index in [1.165, 1.54) is 71.1 Å². The molecule has 0 aromatic heterocycles. The van der Waals surface area contributed by atoms with Gasteiger partial charge in [0.25, 0.3) is 0 Å². The third-order valence-corrected chi connectivity index (χ3v) is 4.41. The van der Waals surface area contributed by atoms with Crippen LogP contribution in [0.4, 0.5) is 0 Å². The van der Waals surface area contributed by atoms with Gasteiger partial charge in [0.15, 0.2) is 0 Å². The number of nitrogens with one attached hydrogen (secondary N) is 1. The van der Waals surface area contributed by atoms with Crippen molar-refractivity contribution < 1.29 is 0 Å². The molecule has 2 fully saturated rings. The second-order valence-corrected chi connectivity index (χ2v) is 5.65. The van der Waals surface area contributed by atoms with Crippen LogP contribution in [0.15, 0.2) is 0 Å². The fraction of sp³-hybridized carbons (Fsp3) is 1.00. The molecular formula is C14H28N2. The highest BCUT2D eigenvalue weighted by Crippen LogP contribution is 2.26. The lowest BCUT2D eigenvalue weighted by Crippen LogP contribution is -2.50. The Morgan fingerprint density at radius 1 is 1.19 bits per heavy atom. The molecule has 0 radical (unpaired) electrons. The van der Waals surface area contributed by atoms with Crippen LogP contribution in [0, 0.1) is 5.92 Å². The average Bonchev–Trinajstić information content (AvgIpc) is 2.38. The lowest BCUT2D eigenvalue weighted by Gasteiger charge is -2.34. The monoisotopic (exact) mass is 224 g/mol. The summed E-state index contributed by atoms with van der Waals surface area (Å²) in [5.74, 6) is 1.05. The van der Waals surface area contributed by atoms with Gasteiger partial charge in [0.1, 0.15) is 0 Å². The Labute approximate surface area is 101 Å². The van der Waals surface area contributed by atoms with Crippen LogP contribution in [0.25, 0.3) is 0 Å². The highest BCUT2D eigenvalue weighted by Gasteiger charge is 2.19. The molecule has 1 unspecified atom stereocenters. The standard InChI is InChI=1S/C14H28N2/c1-2-14-12-16(11-9-15-14)10-8-13-6-4-3-5-7-13/h13-15H,2-12H2,1H3. The molecule has 2 rings (SSSR count). The average molecular weight is 224 g/mol. The molecule has 1 heterocycles. The topological polar surface area (TPSA) is 15.3 Å². The number of hydrogen-bond acceptors (Lipinski definition) is 2. The van der Waals surface area contributed by atoms with Crippen LogP contribution in [0.1, 0.15) is 51.9 Å². The highest BCUT2D eigenvalue weighted by molar-refractivity contribution is 4.78. The smallest absolute Gasteiger partial charge is 0.0192 e. The number of hydrogen-bond donors (Lipinski definition) is 1. The largest absolute Gasteiger partial charge is 0.311 e. The first-order valence-corrected chi connectivity index (χ1v) is 7.34. The van der Waals surface area contributed by atoms with Crippen molar-refractivity contribution in [1.29, 1.82) is 0 Å². The molecule has 1 atom stereocenters. The van der Waals surface area contributed by atoms with Crippen molar-refractivity contribution in [1.82, 2.24) is 10.2 Å². The predicted molar refractivity (Wildman–Crippen MR) is 69.7 cm³/mol.